The van der Waals surface area contributed by atoms with Gasteiger partial charge in [0.1, 0.15) is 17.3 Å². The topological polar surface area (TPSA) is 71.8 Å². The molecule has 2 atom stereocenters. The van der Waals surface area contributed by atoms with Crippen molar-refractivity contribution in [2.75, 3.05) is 6.54 Å². The van der Waals surface area contributed by atoms with Crippen LogP contribution in [0.1, 0.15) is 56.0 Å². The molecule has 7 heteroatoms. The lowest BCUT2D eigenvalue weighted by molar-refractivity contribution is 0.0915. The number of hydrogen-bond acceptors (Lipinski definition) is 4. The second-order valence-electron chi connectivity index (χ2n) is 6.86. The molecule has 2 aromatic rings. The minimum absolute atomic E-state index is 0.00700. The third-order valence-corrected chi connectivity index (χ3v) is 4.39. The quantitative estimate of drug-likeness (QED) is 0.893. The van der Waals surface area contributed by atoms with Crippen LogP contribution in [0.4, 0.5) is 4.39 Å². The van der Waals surface area contributed by atoms with Crippen LogP contribution in [0, 0.1) is 5.82 Å². The first-order chi connectivity index (χ1) is 12.0. The molecular weight excluding hydrogens is 321 g/mol. The minimum atomic E-state index is -0.395. The van der Waals surface area contributed by atoms with Gasteiger partial charge in [-0.2, -0.15) is 0 Å². The molecule has 1 aromatic heterocycles. The smallest absolute Gasteiger partial charge is 0.291 e. The maximum absolute atomic E-state index is 14.1. The van der Waals surface area contributed by atoms with Gasteiger partial charge < -0.3 is 10.6 Å². The number of piperidine rings is 1. The second kappa shape index (κ2) is 7.31. The summed E-state index contributed by atoms with van der Waals surface area (Å²) >= 11 is 0. The highest BCUT2D eigenvalue weighted by molar-refractivity contribution is 5.90. The second-order valence-corrected chi connectivity index (χ2v) is 6.86. The van der Waals surface area contributed by atoms with Crippen LogP contribution in [0.15, 0.2) is 24.3 Å². The summed E-state index contributed by atoms with van der Waals surface area (Å²) in [6.45, 7) is 6.86. The van der Waals surface area contributed by atoms with E-state index >= 15 is 0 Å². The molecule has 25 heavy (non-hydrogen) atoms. The molecule has 3 rings (SSSR count). The predicted molar refractivity (Wildman–Crippen MR) is 93.4 cm³/mol. The molecule has 2 N–H and O–H groups in total. The molecule has 0 aliphatic carbocycles. The summed E-state index contributed by atoms with van der Waals surface area (Å²) < 4.78 is 15.6. The maximum atomic E-state index is 14.1. The highest BCUT2D eigenvalue weighted by Gasteiger charge is 2.25. The van der Waals surface area contributed by atoms with E-state index in [2.05, 4.69) is 27.6 Å². The normalized spacial score (nSPS) is 20.7. The Balaban J connectivity index is 1.86. The number of carbonyl (C=O) groups excluding carboxylic acids is 1. The Morgan fingerprint density at radius 1 is 1.40 bits per heavy atom. The summed E-state index contributed by atoms with van der Waals surface area (Å²) in [6, 6.07) is 6.83. The van der Waals surface area contributed by atoms with Crippen molar-refractivity contribution >= 4 is 5.91 Å². The van der Waals surface area contributed by atoms with E-state index in [1.807, 2.05) is 13.8 Å². The first-order valence-electron chi connectivity index (χ1n) is 8.71. The van der Waals surface area contributed by atoms with Crippen molar-refractivity contribution in [1.82, 2.24) is 25.4 Å². The summed E-state index contributed by atoms with van der Waals surface area (Å²) in [7, 11) is 0. The average Bonchev–Trinajstić information content (AvgIpc) is 3.01. The summed E-state index contributed by atoms with van der Waals surface area (Å²) in [5, 5.41) is 10.6. The molecule has 1 aliphatic rings. The standard InChI is InChI=1S/C18H24FN5O/c1-11(2)17-22-16(18(25)21-13-8-9-20-12(3)10-13)23-24(17)15-7-5-4-6-14(15)19/h4-7,11-13,20H,8-10H2,1-3H3,(H,21,25). The molecule has 6 nitrogen and oxygen atoms in total. The van der Waals surface area contributed by atoms with E-state index < -0.39 is 5.82 Å². The van der Waals surface area contributed by atoms with Crippen LogP contribution in [-0.2, 0) is 0 Å². The molecule has 1 amide bonds. The highest BCUT2D eigenvalue weighted by atomic mass is 19.1. The summed E-state index contributed by atoms with van der Waals surface area (Å²) in [5.41, 5.74) is 0.299. The largest absolute Gasteiger partial charge is 0.346 e. The van der Waals surface area contributed by atoms with Gasteiger partial charge in [-0.1, -0.05) is 26.0 Å². The Hall–Kier alpha value is -2.28. The lowest BCUT2D eigenvalue weighted by Crippen LogP contribution is -2.46. The van der Waals surface area contributed by atoms with Crippen molar-refractivity contribution in [3.8, 4) is 5.69 Å². The van der Waals surface area contributed by atoms with Gasteiger partial charge >= 0.3 is 0 Å². The fourth-order valence-electron chi connectivity index (χ4n) is 3.11. The lowest BCUT2D eigenvalue weighted by Gasteiger charge is -2.28. The van der Waals surface area contributed by atoms with Gasteiger partial charge in [-0.15, -0.1) is 5.10 Å². The van der Waals surface area contributed by atoms with Crippen molar-refractivity contribution in [3.05, 3.63) is 41.7 Å². The fourth-order valence-corrected chi connectivity index (χ4v) is 3.11. The van der Waals surface area contributed by atoms with Gasteiger partial charge in [0.25, 0.3) is 5.91 Å². The predicted octanol–water partition coefficient (Wildman–Crippen LogP) is 2.40. The van der Waals surface area contributed by atoms with Gasteiger partial charge in [0.2, 0.25) is 5.82 Å². The van der Waals surface area contributed by atoms with E-state index in [1.165, 1.54) is 10.7 Å². The van der Waals surface area contributed by atoms with Gasteiger partial charge in [0, 0.05) is 18.0 Å². The van der Waals surface area contributed by atoms with E-state index in [0.717, 1.165) is 19.4 Å². The summed E-state index contributed by atoms with van der Waals surface area (Å²) in [4.78, 5) is 16.9. The number of nitrogens with one attached hydrogen (secondary N) is 2. The maximum Gasteiger partial charge on any atom is 0.291 e. The van der Waals surface area contributed by atoms with Crippen LogP contribution in [0.3, 0.4) is 0 Å². The highest BCUT2D eigenvalue weighted by Crippen LogP contribution is 2.20. The van der Waals surface area contributed by atoms with Crippen LogP contribution < -0.4 is 10.6 Å². The van der Waals surface area contributed by atoms with Crippen LogP contribution in [0.5, 0.6) is 0 Å². The number of hydrogen-bond donors (Lipinski definition) is 2. The third kappa shape index (κ3) is 3.87. The molecule has 1 saturated heterocycles. The number of carbonyl (C=O) groups is 1. The molecule has 1 aliphatic heterocycles. The molecule has 0 saturated carbocycles. The zero-order valence-corrected chi connectivity index (χ0v) is 14.8. The van der Waals surface area contributed by atoms with Crippen LogP contribution >= 0.6 is 0 Å². The summed E-state index contributed by atoms with van der Waals surface area (Å²) in [6.07, 6.45) is 1.75. The number of para-hydroxylation sites is 1. The molecule has 1 aromatic carbocycles. The van der Waals surface area contributed by atoms with Gasteiger partial charge in [-0.25, -0.2) is 14.1 Å². The number of halogens is 1. The zero-order valence-electron chi connectivity index (χ0n) is 14.8. The van der Waals surface area contributed by atoms with Gasteiger partial charge in [0.05, 0.1) is 0 Å². The van der Waals surface area contributed by atoms with Crippen LogP contribution in [0.25, 0.3) is 5.69 Å². The third-order valence-electron chi connectivity index (χ3n) is 4.39. The van der Waals surface area contributed by atoms with E-state index in [4.69, 9.17) is 0 Å². The lowest BCUT2D eigenvalue weighted by atomic mass is 10.0. The Morgan fingerprint density at radius 3 is 2.84 bits per heavy atom. The molecule has 1 fully saturated rings. The zero-order chi connectivity index (χ0) is 18.0. The summed E-state index contributed by atoms with van der Waals surface area (Å²) in [5.74, 6) is -0.0517. The van der Waals surface area contributed by atoms with Crippen LogP contribution in [0.2, 0.25) is 0 Å². The van der Waals surface area contributed by atoms with Crippen molar-refractivity contribution < 1.29 is 9.18 Å². The molecule has 0 radical (unpaired) electrons. The SMILES string of the molecule is CC1CC(NC(=O)c2nc(C(C)C)n(-c3ccccc3F)n2)CCN1. The number of amides is 1. The van der Waals surface area contributed by atoms with Crippen LogP contribution in [-0.4, -0.2) is 39.3 Å². The van der Waals surface area contributed by atoms with Crippen molar-refractivity contribution in [2.45, 2.75) is 51.6 Å². The number of nitrogens with zero attached hydrogens (tertiary/aromatic N) is 3. The number of aromatic nitrogens is 3. The molecule has 0 bridgehead atoms. The number of rotatable bonds is 4. The first-order valence-corrected chi connectivity index (χ1v) is 8.71. The molecular formula is C18H24FN5O. The molecule has 0 spiro atoms. The van der Waals surface area contributed by atoms with E-state index in [-0.39, 0.29) is 23.7 Å². The Bertz CT molecular complexity index is 758. The van der Waals surface area contributed by atoms with Gasteiger partial charge in [-0.05, 0) is 38.4 Å². The van der Waals surface area contributed by atoms with E-state index in [1.54, 1.807) is 18.2 Å². The minimum Gasteiger partial charge on any atom is -0.346 e. The van der Waals surface area contributed by atoms with Crippen molar-refractivity contribution in [1.29, 1.82) is 0 Å². The fraction of sp³-hybridized carbons (Fsp3) is 0.500. The molecule has 2 unspecified atom stereocenters. The average molecular weight is 345 g/mol. The Kier molecular flexibility index (Phi) is 5.13. The van der Waals surface area contributed by atoms with Crippen molar-refractivity contribution in [3.63, 3.8) is 0 Å². The van der Waals surface area contributed by atoms with Gasteiger partial charge in [0.15, 0.2) is 0 Å². The van der Waals surface area contributed by atoms with E-state index in [0.29, 0.717) is 17.6 Å². The Labute approximate surface area is 146 Å². The van der Waals surface area contributed by atoms with E-state index in [9.17, 15) is 9.18 Å². The van der Waals surface area contributed by atoms with Gasteiger partial charge in [-0.3, -0.25) is 4.79 Å². The Morgan fingerprint density at radius 2 is 2.16 bits per heavy atom. The monoisotopic (exact) mass is 345 g/mol. The molecule has 2 heterocycles. The van der Waals surface area contributed by atoms with Crippen molar-refractivity contribution in [2.24, 2.45) is 0 Å². The first kappa shape index (κ1) is 17.5. The molecule has 134 valence electrons. The number of benzene rings is 1.